The molecule has 0 radical (unpaired) electrons. The van der Waals surface area contributed by atoms with Crippen molar-refractivity contribution in [3.05, 3.63) is 153 Å². The molecule has 5 rings (SSSR count). The molecule has 0 bridgehead atoms. The largest absolute Gasteiger partial charge is 0.416 e. The molecule has 0 fully saturated rings. The lowest BCUT2D eigenvalue weighted by molar-refractivity contribution is -0.144. The molecule has 1 nitrogen and oxygen atoms in total. The number of rotatable bonds is 7. The number of carbonyl (C=O) groups is 1. The van der Waals surface area contributed by atoms with E-state index in [1.807, 2.05) is 12.5 Å². The van der Waals surface area contributed by atoms with Crippen LogP contribution in [-0.2, 0) is 60.3 Å². The van der Waals surface area contributed by atoms with Gasteiger partial charge in [-0.05, 0) is 59.4 Å². The Morgan fingerprint density at radius 1 is 0.357 bits per heavy atom. The lowest BCUT2D eigenvalue weighted by Crippen LogP contribution is -2.75. The number of hydrogen-bond donors (Lipinski definition) is 0. The number of hydrogen-bond acceptors (Lipinski definition) is 1. The van der Waals surface area contributed by atoms with Crippen LogP contribution in [0.1, 0.15) is 54.9 Å². The molecule has 5 aromatic carbocycles. The number of halogens is 25. The fourth-order valence-corrected chi connectivity index (χ4v) is 7.74. The Morgan fingerprint density at radius 2 is 0.543 bits per heavy atom. The summed E-state index contributed by atoms with van der Waals surface area (Å²) in [4.78, 5) is 11.5. The smallest absolute Gasteiger partial charge is 0.289 e. The van der Waals surface area contributed by atoms with Gasteiger partial charge in [0.15, 0.2) is 5.75 Å². The molecule has 0 saturated heterocycles. The van der Waals surface area contributed by atoms with Gasteiger partial charge in [0, 0.05) is 5.56 Å². The molecule has 0 aliphatic rings. The van der Waals surface area contributed by atoms with Gasteiger partial charge in [-0.2, -0.15) is 127 Å². The van der Waals surface area contributed by atoms with Crippen LogP contribution in [0.25, 0.3) is 0 Å². The molecule has 0 aromatic heterocycles. The average Bonchev–Trinajstić information content (AvgIpc) is 3.18. The van der Waals surface area contributed by atoms with Crippen molar-refractivity contribution in [2.45, 2.75) is 49.4 Å². The van der Waals surface area contributed by atoms with Gasteiger partial charge >= 0.3 is 49.4 Å². The van der Waals surface area contributed by atoms with Gasteiger partial charge in [-0.15, -0.1) is 0 Å². The summed E-state index contributed by atoms with van der Waals surface area (Å²) in [6.07, 6.45) is -50.8. The summed E-state index contributed by atoms with van der Waals surface area (Å²) < 4.78 is 353. The zero-order chi connectivity index (χ0) is 53.8. The van der Waals surface area contributed by atoms with E-state index < -0.39 is 195 Å². The molecule has 0 unspecified atom stereocenters. The van der Waals surface area contributed by atoms with Crippen LogP contribution in [0.5, 0.6) is 0 Å². The van der Waals surface area contributed by atoms with E-state index in [0.29, 0.717) is 11.3 Å². The molecule has 0 heterocycles. The van der Waals surface area contributed by atoms with E-state index in [2.05, 4.69) is 0 Å². The van der Waals surface area contributed by atoms with Crippen LogP contribution in [0.2, 0.25) is 0 Å². The molecule has 0 N–H and O–H groups in total. The van der Waals surface area contributed by atoms with Crippen LogP contribution in [0, 0.1) is 5.82 Å². The van der Waals surface area contributed by atoms with Crippen LogP contribution < -0.4 is 21.9 Å². The number of ketones is 1. The summed E-state index contributed by atoms with van der Waals surface area (Å²) in [6.45, 7) is 0. The predicted molar refractivity (Wildman–Crippen MR) is 205 cm³/mol. The first kappa shape index (κ1) is 57.0. The van der Waals surface area contributed by atoms with Crippen LogP contribution >= 0.6 is 0 Å². The van der Waals surface area contributed by atoms with Gasteiger partial charge in [-0.3, -0.25) is 4.79 Å². The van der Waals surface area contributed by atoms with Crippen LogP contribution in [0.3, 0.4) is 0 Å². The summed E-state index contributed by atoms with van der Waals surface area (Å²) in [7, 11) is 0.105. The zero-order valence-corrected chi connectivity index (χ0v) is 35.1. The van der Waals surface area contributed by atoms with Gasteiger partial charge in [0.1, 0.15) is 12.0 Å². The van der Waals surface area contributed by atoms with Crippen molar-refractivity contribution in [3.8, 4) is 0 Å². The zero-order valence-electron chi connectivity index (χ0n) is 34.3. The molecule has 28 heteroatoms. The fraction of sp³-hybridized carbons (Fsp3) is 0.262. The minimum absolute atomic E-state index is 0.0910. The van der Waals surface area contributed by atoms with E-state index in [9.17, 15) is 115 Å². The Balaban J connectivity index is 0.000000707. The molecule has 0 atom stereocenters. The van der Waals surface area contributed by atoms with Crippen molar-refractivity contribution in [1.29, 1.82) is 0 Å². The maximum absolute atomic E-state index is 14.2. The quantitative estimate of drug-likeness (QED) is 0.0687. The first-order valence-electron chi connectivity index (χ1n) is 18.5. The highest BCUT2D eigenvalue weighted by molar-refractivity contribution is 7.96. The highest BCUT2D eigenvalue weighted by atomic mass is 32.2. The average molecular weight is 1060 g/mol. The lowest BCUT2D eigenvalue weighted by atomic mass is 9.12. The van der Waals surface area contributed by atoms with Crippen molar-refractivity contribution < 1.29 is 115 Å². The van der Waals surface area contributed by atoms with Crippen molar-refractivity contribution >= 4 is 44.7 Å². The van der Waals surface area contributed by atoms with Crippen LogP contribution in [0.15, 0.2) is 97.1 Å². The summed E-state index contributed by atoms with van der Waals surface area (Å²) in [6, 6.07) is -3.11. The van der Waals surface area contributed by atoms with Crippen molar-refractivity contribution in [2.75, 3.05) is 18.3 Å². The highest BCUT2D eigenvalue weighted by Gasteiger charge is 2.47. The van der Waals surface area contributed by atoms with Gasteiger partial charge in [0.2, 0.25) is 5.78 Å². The third kappa shape index (κ3) is 13.4. The second kappa shape index (κ2) is 19.2. The van der Waals surface area contributed by atoms with E-state index in [-0.39, 0.29) is 22.5 Å². The molecule has 0 aliphatic heterocycles. The molecular weight excluding hydrogens is 1040 g/mol. The minimum Gasteiger partial charge on any atom is -0.289 e. The second-order valence-corrected chi connectivity index (χ2v) is 17.5. The molecular formula is C42H24BF25OS. The van der Waals surface area contributed by atoms with Gasteiger partial charge in [-0.25, -0.2) is 4.39 Å². The molecule has 382 valence electrons. The Morgan fingerprint density at radius 3 is 0.700 bits per heavy atom. The van der Waals surface area contributed by atoms with Gasteiger partial charge < -0.3 is 0 Å². The minimum atomic E-state index is -6.13. The molecule has 0 amide bonds. The SMILES string of the molecule is C[S+](C)CC(=O)c1ccc(F)cc1.FC(F)(F)c1cc([B-](c2cc(C(F)(F)F)cc(C(F)(F)F)c2)(c2cc(C(F)(F)F)cc(C(F)(F)F)c2)c2cc(C(F)(F)F)cc(C(F)(F)F)c2)cc(C(F)(F)F)c1. The summed E-state index contributed by atoms with van der Waals surface area (Å²) >= 11 is 0. The van der Waals surface area contributed by atoms with Gasteiger partial charge in [0.25, 0.3) is 0 Å². The number of carbonyl (C=O) groups excluding carboxylic acids is 1. The lowest BCUT2D eigenvalue weighted by Gasteiger charge is -2.46. The Labute approximate surface area is 379 Å². The number of alkyl halides is 24. The third-order valence-electron chi connectivity index (χ3n) is 10.0. The summed E-state index contributed by atoms with van der Waals surface area (Å²) in [5.74, 6) is 0.336. The number of benzene rings is 5. The second-order valence-electron chi connectivity index (χ2n) is 15.3. The van der Waals surface area contributed by atoms with Crippen LogP contribution in [0.4, 0.5) is 110 Å². The maximum atomic E-state index is 14.2. The normalized spacial score (nSPS) is 13.6. The topological polar surface area (TPSA) is 17.1 Å². The molecule has 0 spiro atoms. The standard InChI is InChI=1S/C32H12BF24.C10H12FOS/c34-25(35,36)13-1-14(26(37,38)39)6-21(5-13)33(22-7-15(27(40,41)42)2-16(8-22)28(43,44)45,23-9-17(29(46,47)48)3-18(10-23)30(49,50)51)24-11-19(31(52,53)54)4-20(12-24)32(55,56)57;1-13(2)7-10(12)8-3-5-9(11)6-4-8/h1-12H;3-6H,7H2,1-2H3/q-1;+1. The monoisotopic (exact) mass is 1060 g/mol. The Kier molecular flexibility index (Phi) is 15.7. The molecule has 0 saturated carbocycles. The molecule has 0 aliphatic carbocycles. The first-order valence-corrected chi connectivity index (χ1v) is 20.8. The third-order valence-corrected chi connectivity index (χ3v) is 10.9. The van der Waals surface area contributed by atoms with E-state index in [4.69, 9.17) is 0 Å². The molecule has 70 heavy (non-hydrogen) atoms. The Bertz CT molecular complexity index is 2240. The van der Waals surface area contributed by atoms with E-state index in [1.54, 1.807) is 0 Å². The van der Waals surface area contributed by atoms with E-state index in [1.165, 1.54) is 24.3 Å². The maximum Gasteiger partial charge on any atom is 0.416 e. The molecule has 5 aromatic rings. The van der Waals surface area contributed by atoms with E-state index in [0.717, 1.165) is 0 Å². The Hall–Kier alpha value is -5.57. The first-order chi connectivity index (χ1) is 31.4. The highest BCUT2D eigenvalue weighted by Crippen LogP contribution is 2.41. The summed E-state index contributed by atoms with van der Waals surface area (Å²) in [5, 5.41) is 0. The predicted octanol–water partition coefficient (Wildman–Crippen LogP) is 13.1. The van der Waals surface area contributed by atoms with Crippen molar-refractivity contribution in [2.24, 2.45) is 0 Å². The summed E-state index contributed by atoms with van der Waals surface area (Å²) in [5.41, 5.74) is -29.6. The number of Topliss-reactive ketones (excluding diaryl/α,β-unsaturated/α-hetero) is 1. The van der Waals surface area contributed by atoms with Gasteiger partial charge in [0.05, 0.1) is 57.0 Å². The van der Waals surface area contributed by atoms with Crippen molar-refractivity contribution in [3.63, 3.8) is 0 Å². The van der Waals surface area contributed by atoms with Crippen molar-refractivity contribution in [1.82, 2.24) is 0 Å². The van der Waals surface area contributed by atoms with E-state index >= 15 is 0 Å². The fourth-order valence-electron chi connectivity index (χ4n) is 7.05. The van der Waals surface area contributed by atoms with Gasteiger partial charge in [-0.1, -0.05) is 48.5 Å². The van der Waals surface area contributed by atoms with Crippen LogP contribution in [-0.4, -0.2) is 30.2 Å².